The predicted molar refractivity (Wildman–Crippen MR) is 131 cm³/mol. The Kier molecular flexibility index (Phi) is 12.0. The lowest BCUT2D eigenvalue weighted by molar-refractivity contribution is -0.133. The van der Waals surface area contributed by atoms with Crippen LogP contribution >= 0.6 is 0 Å². The number of hydrogen-bond donors (Lipinski definition) is 2. The number of anilines is 1. The zero-order chi connectivity index (χ0) is 25.7. The van der Waals surface area contributed by atoms with Crippen LogP contribution in [-0.2, 0) is 14.8 Å². The van der Waals surface area contributed by atoms with Gasteiger partial charge in [-0.1, -0.05) is 57.7 Å². The zero-order valence-electron chi connectivity index (χ0n) is 19.5. The van der Waals surface area contributed by atoms with Crippen LogP contribution in [0.25, 0.3) is 0 Å². The first-order valence-corrected chi connectivity index (χ1v) is 12.2. The predicted octanol–water partition coefficient (Wildman–Crippen LogP) is 6.09. The standard InChI is InChI=1S/C25H31F2NO5S/c1-5-8-19(10-7-11-24(26)27)17-33-21-14-12-20(13-15-21)28-34(31,32)22(9-6-2)16-23(18(3)4)25(29)30/h5,7-10,12-16,18,24,28H,1,6,11,17H2,2-4H3,(H,29,30)/b10-7-,19-8+,22-9+,23-16+. The summed E-state index contributed by atoms with van der Waals surface area (Å²) in [5, 5.41) is 9.37. The Balaban J connectivity index is 2.97. The number of allylic oxidation sites excluding steroid dienone is 5. The lowest BCUT2D eigenvalue weighted by Crippen LogP contribution is -2.16. The first-order valence-electron chi connectivity index (χ1n) is 10.7. The highest BCUT2D eigenvalue weighted by molar-refractivity contribution is 7.96. The fourth-order valence-corrected chi connectivity index (χ4v) is 3.93. The van der Waals surface area contributed by atoms with Gasteiger partial charge in [-0.3, -0.25) is 4.72 Å². The number of aliphatic carboxylic acids is 1. The Morgan fingerprint density at radius 2 is 1.88 bits per heavy atom. The largest absolute Gasteiger partial charge is 0.489 e. The van der Waals surface area contributed by atoms with Gasteiger partial charge in [0, 0.05) is 17.7 Å². The maximum Gasteiger partial charge on any atom is 0.331 e. The molecule has 1 aromatic rings. The number of halogens is 2. The molecule has 9 heteroatoms. The maximum atomic E-state index is 12.9. The van der Waals surface area contributed by atoms with E-state index in [0.29, 0.717) is 17.7 Å². The molecule has 0 saturated heterocycles. The molecule has 0 unspecified atom stereocenters. The van der Waals surface area contributed by atoms with Crippen LogP contribution in [0, 0.1) is 5.92 Å². The molecule has 0 saturated carbocycles. The molecular formula is C25H31F2NO5S. The van der Waals surface area contributed by atoms with Crippen LogP contribution in [0.3, 0.4) is 0 Å². The van der Waals surface area contributed by atoms with Crippen molar-refractivity contribution in [1.29, 1.82) is 0 Å². The quantitative estimate of drug-likeness (QED) is 0.241. The van der Waals surface area contributed by atoms with E-state index in [-0.39, 0.29) is 35.1 Å². The Labute approximate surface area is 200 Å². The summed E-state index contributed by atoms with van der Waals surface area (Å²) >= 11 is 0. The van der Waals surface area contributed by atoms with Crippen LogP contribution in [0.4, 0.5) is 14.5 Å². The number of nitrogens with one attached hydrogen (secondary N) is 1. The molecule has 0 aliphatic rings. The second-order valence-electron chi connectivity index (χ2n) is 7.50. The molecule has 0 aromatic heterocycles. The van der Waals surface area contributed by atoms with Gasteiger partial charge in [-0.05, 0) is 48.3 Å². The minimum absolute atomic E-state index is 0.0141. The zero-order valence-corrected chi connectivity index (χ0v) is 20.3. The van der Waals surface area contributed by atoms with E-state index >= 15 is 0 Å². The summed E-state index contributed by atoms with van der Waals surface area (Å²) in [5.41, 5.74) is 0.892. The minimum Gasteiger partial charge on any atom is -0.489 e. The Morgan fingerprint density at radius 1 is 1.24 bits per heavy atom. The van der Waals surface area contributed by atoms with Crippen molar-refractivity contribution < 1.29 is 31.8 Å². The average molecular weight is 496 g/mol. The highest BCUT2D eigenvalue weighted by Gasteiger charge is 2.20. The van der Waals surface area contributed by atoms with Gasteiger partial charge in [-0.25, -0.2) is 22.0 Å². The van der Waals surface area contributed by atoms with E-state index in [9.17, 15) is 27.1 Å². The molecular weight excluding hydrogens is 464 g/mol. The van der Waals surface area contributed by atoms with E-state index in [0.717, 1.165) is 0 Å². The molecule has 0 aliphatic carbocycles. The smallest absolute Gasteiger partial charge is 0.331 e. The van der Waals surface area contributed by atoms with E-state index in [4.69, 9.17) is 4.74 Å². The first-order chi connectivity index (χ1) is 16.0. The summed E-state index contributed by atoms with van der Waals surface area (Å²) in [4.78, 5) is 11.3. The summed E-state index contributed by atoms with van der Waals surface area (Å²) in [6.07, 6.45) is 6.28. The van der Waals surface area contributed by atoms with Gasteiger partial charge in [0.1, 0.15) is 12.4 Å². The van der Waals surface area contributed by atoms with E-state index in [1.165, 1.54) is 42.5 Å². The fourth-order valence-electron chi connectivity index (χ4n) is 2.70. The highest BCUT2D eigenvalue weighted by atomic mass is 32.2. The molecule has 2 N–H and O–H groups in total. The number of hydrogen-bond acceptors (Lipinski definition) is 4. The number of carbonyl (C=O) groups is 1. The lowest BCUT2D eigenvalue weighted by atomic mass is 10.0. The number of sulfonamides is 1. The van der Waals surface area contributed by atoms with Crippen LogP contribution < -0.4 is 9.46 Å². The number of carboxylic acids is 1. The molecule has 0 radical (unpaired) electrons. The van der Waals surface area contributed by atoms with Gasteiger partial charge in [0.15, 0.2) is 0 Å². The summed E-state index contributed by atoms with van der Waals surface area (Å²) in [6, 6.07) is 6.12. The molecule has 6 nitrogen and oxygen atoms in total. The third kappa shape index (κ3) is 10.2. The molecule has 0 aliphatic heterocycles. The molecule has 34 heavy (non-hydrogen) atoms. The molecule has 0 fully saturated rings. The van der Waals surface area contributed by atoms with E-state index in [1.54, 1.807) is 39.0 Å². The minimum atomic E-state index is -4.02. The van der Waals surface area contributed by atoms with E-state index in [1.807, 2.05) is 0 Å². The Bertz CT molecular complexity index is 1050. The second-order valence-corrected chi connectivity index (χ2v) is 9.18. The molecule has 186 valence electrons. The highest BCUT2D eigenvalue weighted by Crippen LogP contribution is 2.22. The van der Waals surface area contributed by atoms with Crippen LogP contribution in [0.15, 0.2) is 83.4 Å². The van der Waals surface area contributed by atoms with Crippen molar-refractivity contribution in [3.05, 3.63) is 83.4 Å². The van der Waals surface area contributed by atoms with Gasteiger partial charge < -0.3 is 9.84 Å². The van der Waals surface area contributed by atoms with Crippen molar-refractivity contribution in [2.75, 3.05) is 11.3 Å². The van der Waals surface area contributed by atoms with Crippen molar-refractivity contribution >= 4 is 21.7 Å². The molecule has 0 heterocycles. The van der Waals surface area contributed by atoms with Crippen molar-refractivity contribution in [3.8, 4) is 5.75 Å². The number of ether oxygens (including phenoxy) is 1. The molecule has 1 rings (SSSR count). The van der Waals surface area contributed by atoms with Gasteiger partial charge in [0.25, 0.3) is 10.0 Å². The van der Waals surface area contributed by atoms with Gasteiger partial charge in [-0.15, -0.1) is 0 Å². The van der Waals surface area contributed by atoms with Crippen molar-refractivity contribution in [3.63, 3.8) is 0 Å². The third-order valence-electron chi connectivity index (χ3n) is 4.37. The number of carboxylic acid groups (broad SMARTS) is 1. The summed E-state index contributed by atoms with van der Waals surface area (Å²) in [7, 11) is -4.02. The second kappa shape index (κ2) is 14.1. The maximum absolute atomic E-state index is 12.9. The first kappa shape index (κ1) is 28.8. The average Bonchev–Trinajstić information content (AvgIpc) is 2.74. The third-order valence-corrected chi connectivity index (χ3v) is 5.78. The Morgan fingerprint density at radius 3 is 2.38 bits per heavy atom. The van der Waals surface area contributed by atoms with Crippen LogP contribution in [0.1, 0.15) is 33.6 Å². The summed E-state index contributed by atoms with van der Waals surface area (Å²) < 4.78 is 58.4. The number of benzene rings is 1. The van der Waals surface area contributed by atoms with Crippen molar-refractivity contribution in [2.24, 2.45) is 5.92 Å². The van der Waals surface area contributed by atoms with Crippen molar-refractivity contribution in [1.82, 2.24) is 0 Å². The van der Waals surface area contributed by atoms with Gasteiger partial charge in [0.05, 0.1) is 4.91 Å². The van der Waals surface area contributed by atoms with E-state index < -0.39 is 22.4 Å². The number of alkyl halides is 2. The van der Waals surface area contributed by atoms with Gasteiger partial charge >= 0.3 is 5.97 Å². The fraction of sp³-hybridized carbons (Fsp3) is 0.320. The molecule has 0 spiro atoms. The molecule has 0 amide bonds. The lowest BCUT2D eigenvalue weighted by Gasteiger charge is -2.12. The Hall–Kier alpha value is -3.20. The van der Waals surface area contributed by atoms with Crippen LogP contribution in [0.2, 0.25) is 0 Å². The van der Waals surface area contributed by atoms with Gasteiger partial charge in [0.2, 0.25) is 6.43 Å². The number of rotatable bonds is 14. The monoisotopic (exact) mass is 495 g/mol. The van der Waals surface area contributed by atoms with Crippen LogP contribution in [-0.4, -0.2) is 32.5 Å². The topological polar surface area (TPSA) is 92.7 Å². The normalized spacial score (nSPS) is 13.6. The molecule has 1 aromatic carbocycles. The van der Waals surface area contributed by atoms with Crippen LogP contribution in [0.5, 0.6) is 5.75 Å². The SMILES string of the molecule is C=C/C=C(\C=C/CC(F)F)COc1ccc(NS(=O)(=O)C(/C=C(/C(=O)O)C(C)C)=C/CC)cc1. The van der Waals surface area contributed by atoms with E-state index in [2.05, 4.69) is 11.3 Å². The molecule has 0 bridgehead atoms. The van der Waals surface area contributed by atoms with Crippen molar-refractivity contribution in [2.45, 2.75) is 40.0 Å². The summed E-state index contributed by atoms with van der Waals surface area (Å²) in [6.45, 7) is 8.80. The molecule has 0 atom stereocenters. The van der Waals surface area contributed by atoms with Gasteiger partial charge in [-0.2, -0.15) is 0 Å². The summed E-state index contributed by atoms with van der Waals surface area (Å²) in [5.74, 6) is -1.10.